The molecule has 0 N–H and O–H groups in total. The second kappa shape index (κ2) is 8.61. The van der Waals surface area contributed by atoms with E-state index in [0.29, 0.717) is 39.8 Å². The summed E-state index contributed by atoms with van der Waals surface area (Å²) >= 11 is 6.44. The van der Waals surface area contributed by atoms with Gasteiger partial charge in [-0.25, -0.2) is 0 Å². The second-order valence-corrected chi connectivity index (χ2v) is 9.15. The molecule has 0 saturated heterocycles. The van der Waals surface area contributed by atoms with Crippen LogP contribution in [0.3, 0.4) is 0 Å². The Bertz CT molecular complexity index is 1230. The van der Waals surface area contributed by atoms with Crippen LogP contribution in [0.2, 0.25) is 5.02 Å². The molecule has 0 radical (unpaired) electrons. The maximum absolute atomic E-state index is 13.5. The molecule has 8 heteroatoms. The summed E-state index contributed by atoms with van der Waals surface area (Å²) in [7, 11) is -0.778. The molecule has 0 fully saturated rings. The zero-order chi connectivity index (χ0) is 22.0. The van der Waals surface area contributed by atoms with Crippen molar-refractivity contribution in [1.82, 2.24) is 4.41 Å². The highest BCUT2D eigenvalue weighted by molar-refractivity contribution is 7.89. The number of hydrazone groups is 1. The van der Waals surface area contributed by atoms with E-state index in [9.17, 15) is 8.42 Å². The minimum absolute atomic E-state index is 0.166. The molecule has 0 aromatic heterocycles. The Morgan fingerprint density at radius 2 is 1.68 bits per heavy atom. The Morgan fingerprint density at radius 1 is 0.968 bits per heavy atom. The topological polar surface area (TPSA) is 68.2 Å². The third-order valence-electron chi connectivity index (χ3n) is 5.14. The van der Waals surface area contributed by atoms with Crippen molar-refractivity contribution in [2.75, 3.05) is 14.2 Å². The summed E-state index contributed by atoms with van der Waals surface area (Å²) in [5.41, 5.74) is 1.98. The molecule has 0 aliphatic carbocycles. The lowest BCUT2D eigenvalue weighted by Crippen LogP contribution is -2.27. The molecule has 1 heterocycles. The fourth-order valence-corrected chi connectivity index (χ4v) is 5.30. The Labute approximate surface area is 186 Å². The highest BCUT2D eigenvalue weighted by Gasteiger charge is 2.39. The van der Waals surface area contributed by atoms with Crippen LogP contribution < -0.4 is 9.47 Å². The monoisotopic (exact) mass is 456 g/mol. The third kappa shape index (κ3) is 3.98. The average molecular weight is 457 g/mol. The van der Waals surface area contributed by atoms with E-state index in [1.807, 2.05) is 24.3 Å². The molecule has 3 aromatic carbocycles. The summed E-state index contributed by atoms with van der Waals surface area (Å²) in [6.07, 6.45) is 0.346. The molecule has 1 aliphatic heterocycles. The molecule has 160 valence electrons. The lowest BCUT2D eigenvalue weighted by atomic mass is 9.98. The first-order valence-electron chi connectivity index (χ1n) is 9.59. The highest BCUT2D eigenvalue weighted by Crippen LogP contribution is 2.41. The van der Waals surface area contributed by atoms with Crippen molar-refractivity contribution in [3.63, 3.8) is 0 Å². The quantitative estimate of drug-likeness (QED) is 0.529. The number of ether oxygens (including phenoxy) is 2. The largest absolute Gasteiger partial charge is 0.497 e. The van der Waals surface area contributed by atoms with Gasteiger partial charge in [0.25, 0.3) is 10.0 Å². The van der Waals surface area contributed by atoms with Gasteiger partial charge in [0.1, 0.15) is 11.5 Å². The van der Waals surface area contributed by atoms with Gasteiger partial charge in [0.05, 0.1) is 30.9 Å². The fourth-order valence-electron chi connectivity index (χ4n) is 3.59. The number of halogens is 1. The number of rotatable bonds is 6. The zero-order valence-corrected chi connectivity index (χ0v) is 18.6. The molecular weight excluding hydrogens is 436 g/mol. The van der Waals surface area contributed by atoms with E-state index in [1.165, 1.54) is 0 Å². The van der Waals surface area contributed by atoms with E-state index in [2.05, 4.69) is 5.10 Å². The molecule has 31 heavy (non-hydrogen) atoms. The van der Waals surface area contributed by atoms with Crippen molar-refractivity contribution in [3.8, 4) is 11.5 Å². The van der Waals surface area contributed by atoms with Gasteiger partial charge in [-0.15, -0.1) is 0 Å². The summed E-state index contributed by atoms with van der Waals surface area (Å²) < 4.78 is 38.9. The maximum atomic E-state index is 13.5. The van der Waals surface area contributed by atoms with Crippen LogP contribution in [-0.2, 0) is 10.0 Å². The van der Waals surface area contributed by atoms with Gasteiger partial charge < -0.3 is 9.47 Å². The van der Waals surface area contributed by atoms with E-state index in [1.54, 1.807) is 62.8 Å². The number of hydrogen-bond donors (Lipinski definition) is 0. The molecule has 0 bridgehead atoms. The van der Waals surface area contributed by atoms with Gasteiger partial charge in [0, 0.05) is 23.1 Å². The standard InChI is InChI=1S/C23H21ClN2O4S/c1-29-16-12-13-19(23(14-16)30-2)21-15-22(18-10-6-7-11-20(18)24)26(25-21)31(27,28)17-8-4-3-5-9-17/h3-14,22H,15H2,1-2H3/t22-/m0/s1. The van der Waals surface area contributed by atoms with E-state index in [-0.39, 0.29) is 4.90 Å². The molecule has 1 atom stereocenters. The minimum Gasteiger partial charge on any atom is -0.497 e. The first-order chi connectivity index (χ1) is 15.0. The van der Waals surface area contributed by atoms with Crippen molar-refractivity contribution >= 4 is 27.3 Å². The number of nitrogens with zero attached hydrogens (tertiary/aromatic N) is 2. The average Bonchev–Trinajstić information content (AvgIpc) is 3.25. The predicted octanol–water partition coefficient (Wildman–Crippen LogP) is 4.90. The number of benzene rings is 3. The Hall–Kier alpha value is -3.03. The minimum atomic E-state index is -3.90. The van der Waals surface area contributed by atoms with Crippen molar-refractivity contribution in [2.24, 2.45) is 5.10 Å². The Balaban J connectivity index is 1.85. The van der Waals surface area contributed by atoms with Crippen LogP contribution in [0.1, 0.15) is 23.6 Å². The smallest absolute Gasteiger partial charge is 0.279 e. The summed E-state index contributed by atoms with van der Waals surface area (Å²) in [4.78, 5) is 0.166. The number of methoxy groups -OCH3 is 2. The predicted molar refractivity (Wildman–Crippen MR) is 120 cm³/mol. The van der Waals surface area contributed by atoms with Crippen LogP contribution in [0.25, 0.3) is 0 Å². The first kappa shape index (κ1) is 21.2. The fraction of sp³-hybridized carbons (Fsp3) is 0.174. The van der Waals surface area contributed by atoms with Crippen molar-refractivity contribution in [2.45, 2.75) is 17.4 Å². The summed E-state index contributed by atoms with van der Waals surface area (Å²) in [6.45, 7) is 0. The van der Waals surface area contributed by atoms with E-state index in [4.69, 9.17) is 21.1 Å². The molecule has 3 aromatic rings. The lowest BCUT2D eigenvalue weighted by Gasteiger charge is -2.24. The van der Waals surface area contributed by atoms with E-state index >= 15 is 0 Å². The molecule has 0 spiro atoms. The van der Waals surface area contributed by atoms with Gasteiger partial charge in [-0.3, -0.25) is 0 Å². The SMILES string of the molecule is COc1ccc(C2=NN(S(=O)(=O)c3ccccc3)[C@H](c3ccccc3Cl)C2)c(OC)c1. The van der Waals surface area contributed by atoms with Gasteiger partial charge in [-0.05, 0) is 35.9 Å². The van der Waals surface area contributed by atoms with Crippen LogP contribution in [0.15, 0.2) is 82.8 Å². The van der Waals surface area contributed by atoms with Crippen LogP contribution >= 0.6 is 11.6 Å². The Kier molecular flexibility index (Phi) is 5.89. The van der Waals surface area contributed by atoms with Crippen LogP contribution in [0.5, 0.6) is 11.5 Å². The summed E-state index contributed by atoms with van der Waals surface area (Å²) in [5, 5.41) is 5.04. The zero-order valence-electron chi connectivity index (χ0n) is 17.0. The molecule has 6 nitrogen and oxygen atoms in total. The van der Waals surface area contributed by atoms with Crippen molar-refractivity contribution < 1.29 is 17.9 Å². The van der Waals surface area contributed by atoms with Crippen LogP contribution in [0.4, 0.5) is 0 Å². The van der Waals surface area contributed by atoms with Crippen molar-refractivity contribution in [3.05, 3.63) is 88.9 Å². The van der Waals surface area contributed by atoms with Crippen LogP contribution in [0, 0.1) is 0 Å². The maximum Gasteiger partial charge on any atom is 0.279 e. The molecule has 0 unspecified atom stereocenters. The molecule has 0 amide bonds. The number of sulfonamides is 1. The number of hydrogen-bond acceptors (Lipinski definition) is 5. The van der Waals surface area contributed by atoms with Gasteiger partial charge in [0.15, 0.2) is 0 Å². The first-order valence-corrected chi connectivity index (χ1v) is 11.4. The molecule has 1 aliphatic rings. The van der Waals surface area contributed by atoms with E-state index in [0.717, 1.165) is 4.41 Å². The van der Waals surface area contributed by atoms with E-state index < -0.39 is 16.1 Å². The van der Waals surface area contributed by atoms with Crippen molar-refractivity contribution in [1.29, 1.82) is 0 Å². The van der Waals surface area contributed by atoms with Gasteiger partial charge >= 0.3 is 0 Å². The normalized spacial score (nSPS) is 16.2. The summed E-state index contributed by atoms with van der Waals surface area (Å²) in [5.74, 6) is 1.19. The van der Waals surface area contributed by atoms with Gasteiger partial charge in [-0.2, -0.15) is 17.9 Å². The lowest BCUT2D eigenvalue weighted by molar-refractivity contribution is 0.371. The molecule has 4 rings (SSSR count). The Morgan fingerprint density at radius 3 is 2.35 bits per heavy atom. The second-order valence-electron chi connectivity index (χ2n) is 6.94. The third-order valence-corrected chi connectivity index (χ3v) is 7.18. The highest BCUT2D eigenvalue weighted by atomic mass is 35.5. The molecular formula is C23H21ClN2O4S. The van der Waals surface area contributed by atoms with Gasteiger partial charge in [0.2, 0.25) is 0 Å². The van der Waals surface area contributed by atoms with Crippen LogP contribution in [-0.4, -0.2) is 32.8 Å². The molecule has 0 saturated carbocycles. The summed E-state index contributed by atoms with van der Waals surface area (Å²) in [6, 6.07) is 20.2. The van der Waals surface area contributed by atoms with Gasteiger partial charge in [-0.1, -0.05) is 48.0 Å².